The van der Waals surface area contributed by atoms with E-state index < -0.39 is 7.14 Å². The third-order valence-electron chi connectivity index (χ3n) is 5.85. The minimum Gasteiger partial charge on any atom is -0.313 e. The third-order valence-corrected chi connectivity index (χ3v) is 9.31. The zero-order chi connectivity index (χ0) is 21.9. The minimum atomic E-state index is -3.03. The molecule has 31 heavy (non-hydrogen) atoms. The average Bonchev–Trinajstić information content (AvgIpc) is 2.81. The molecule has 0 saturated heterocycles. The van der Waals surface area contributed by atoms with Gasteiger partial charge in [-0.25, -0.2) is 0 Å². The van der Waals surface area contributed by atoms with Gasteiger partial charge in [0.2, 0.25) is 0 Å². The van der Waals surface area contributed by atoms with Crippen molar-refractivity contribution in [3.05, 3.63) is 132 Å². The van der Waals surface area contributed by atoms with Gasteiger partial charge in [-0.3, -0.25) is 0 Å². The highest BCUT2D eigenvalue weighted by atomic mass is 31.2. The number of rotatable bonds is 5. The summed E-state index contributed by atoms with van der Waals surface area (Å²) in [5.74, 6) is 0. The molecule has 0 radical (unpaired) electrons. The SMILES string of the molecule is CC(C)(C)c1ccc(C(c2ccccc2)P(=O)(c2ccccc2)c2ccccc2)cc1. The molecule has 0 spiro atoms. The zero-order valence-electron chi connectivity index (χ0n) is 18.4. The molecule has 0 amide bonds. The van der Waals surface area contributed by atoms with Gasteiger partial charge in [-0.1, -0.05) is 136 Å². The maximum Gasteiger partial charge on any atom is 0.154 e. The highest BCUT2D eigenvalue weighted by Crippen LogP contribution is 2.60. The molecule has 1 atom stereocenters. The molecule has 0 aromatic heterocycles. The second-order valence-electron chi connectivity index (χ2n) is 9.01. The predicted octanol–water partition coefficient (Wildman–Crippen LogP) is 7.09. The first kappa shape index (κ1) is 21.3. The van der Waals surface area contributed by atoms with E-state index >= 15 is 4.57 Å². The molecule has 1 unspecified atom stereocenters. The molecule has 4 aromatic carbocycles. The highest BCUT2D eigenvalue weighted by molar-refractivity contribution is 7.79. The molecule has 0 saturated carbocycles. The van der Waals surface area contributed by atoms with Crippen LogP contribution in [0.5, 0.6) is 0 Å². The van der Waals surface area contributed by atoms with Crippen molar-refractivity contribution >= 4 is 17.8 Å². The van der Waals surface area contributed by atoms with Crippen LogP contribution in [0.4, 0.5) is 0 Å². The van der Waals surface area contributed by atoms with Gasteiger partial charge in [0.05, 0.1) is 5.66 Å². The summed E-state index contributed by atoms with van der Waals surface area (Å²) in [6, 6.07) is 38.9. The summed E-state index contributed by atoms with van der Waals surface area (Å²) in [6.07, 6.45) is 0. The van der Waals surface area contributed by atoms with E-state index in [2.05, 4.69) is 57.2 Å². The van der Waals surface area contributed by atoms with E-state index in [-0.39, 0.29) is 11.1 Å². The summed E-state index contributed by atoms with van der Waals surface area (Å²) in [7, 11) is -3.03. The zero-order valence-corrected chi connectivity index (χ0v) is 19.3. The largest absolute Gasteiger partial charge is 0.313 e. The minimum absolute atomic E-state index is 0.0727. The third kappa shape index (κ3) is 4.29. The van der Waals surface area contributed by atoms with Crippen LogP contribution in [0.1, 0.15) is 43.1 Å². The van der Waals surface area contributed by atoms with Gasteiger partial charge in [-0.15, -0.1) is 0 Å². The molecule has 2 heteroatoms. The van der Waals surface area contributed by atoms with Crippen molar-refractivity contribution in [1.29, 1.82) is 0 Å². The summed E-state index contributed by atoms with van der Waals surface area (Å²) < 4.78 is 15.2. The van der Waals surface area contributed by atoms with Crippen molar-refractivity contribution in [2.75, 3.05) is 0 Å². The molecule has 0 N–H and O–H groups in total. The van der Waals surface area contributed by atoms with Gasteiger partial charge in [0, 0.05) is 10.6 Å². The molecule has 0 bridgehead atoms. The fourth-order valence-electron chi connectivity index (χ4n) is 4.16. The lowest BCUT2D eigenvalue weighted by molar-refractivity contribution is 0.582. The van der Waals surface area contributed by atoms with Crippen molar-refractivity contribution in [2.45, 2.75) is 31.8 Å². The standard InChI is InChI=1S/C29H29OP/c1-29(2,3)25-21-19-24(20-22-25)28(23-13-7-4-8-14-23)31(30,26-15-9-5-10-16-26)27-17-11-6-12-18-27/h4-22,28H,1-3H3. The summed E-state index contributed by atoms with van der Waals surface area (Å²) in [4.78, 5) is 0. The summed E-state index contributed by atoms with van der Waals surface area (Å²) in [5.41, 5.74) is 3.24. The smallest absolute Gasteiger partial charge is 0.154 e. The van der Waals surface area contributed by atoms with Crippen LogP contribution in [-0.2, 0) is 9.98 Å². The Hall–Kier alpha value is -2.89. The van der Waals surface area contributed by atoms with Crippen LogP contribution in [0.15, 0.2) is 115 Å². The normalized spacial score (nSPS) is 13.0. The van der Waals surface area contributed by atoms with Crippen LogP contribution in [0.25, 0.3) is 0 Å². The Kier molecular flexibility index (Phi) is 5.99. The Bertz CT molecular complexity index is 1110. The Morgan fingerprint density at radius 3 is 1.35 bits per heavy atom. The molecule has 156 valence electrons. The topological polar surface area (TPSA) is 17.1 Å². The van der Waals surface area contributed by atoms with E-state index in [0.717, 1.165) is 21.7 Å². The van der Waals surface area contributed by atoms with Crippen molar-refractivity contribution in [3.8, 4) is 0 Å². The van der Waals surface area contributed by atoms with E-state index in [1.54, 1.807) is 0 Å². The van der Waals surface area contributed by atoms with Crippen molar-refractivity contribution in [3.63, 3.8) is 0 Å². The van der Waals surface area contributed by atoms with Crippen LogP contribution in [0.2, 0.25) is 0 Å². The van der Waals surface area contributed by atoms with Gasteiger partial charge in [0.25, 0.3) is 0 Å². The fourth-order valence-corrected chi connectivity index (χ4v) is 7.47. The molecule has 0 fully saturated rings. The molecular formula is C29H29OP. The lowest BCUT2D eigenvalue weighted by atomic mass is 9.86. The average molecular weight is 425 g/mol. The van der Waals surface area contributed by atoms with Crippen LogP contribution < -0.4 is 10.6 Å². The van der Waals surface area contributed by atoms with Crippen molar-refractivity contribution in [2.24, 2.45) is 0 Å². The Labute approximate surface area is 186 Å². The van der Waals surface area contributed by atoms with E-state index in [4.69, 9.17) is 0 Å². The molecule has 4 aromatic rings. The number of hydrogen-bond donors (Lipinski definition) is 0. The summed E-state index contributed by atoms with van der Waals surface area (Å²) in [6.45, 7) is 6.65. The lowest BCUT2D eigenvalue weighted by Gasteiger charge is -2.30. The maximum atomic E-state index is 15.2. The van der Waals surface area contributed by atoms with E-state index in [1.807, 2.05) is 78.9 Å². The Morgan fingerprint density at radius 2 is 0.935 bits per heavy atom. The number of hydrogen-bond acceptors (Lipinski definition) is 1. The van der Waals surface area contributed by atoms with Gasteiger partial charge in [0.15, 0.2) is 7.14 Å². The number of benzene rings is 4. The first-order chi connectivity index (χ1) is 14.9. The second kappa shape index (κ2) is 8.69. The Balaban J connectivity index is 1.98. The summed E-state index contributed by atoms with van der Waals surface area (Å²) in [5, 5.41) is 1.77. The van der Waals surface area contributed by atoms with Gasteiger partial charge >= 0.3 is 0 Å². The van der Waals surface area contributed by atoms with Gasteiger partial charge in [0.1, 0.15) is 0 Å². The van der Waals surface area contributed by atoms with Crippen molar-refractivity contribution in [1.82, 2.24) is 0 Å². The van der Waals surface area contributed by atoms with Gasteiger partial charge in [-0.05, 0) is 22.1 Å². The fraction of sp³-hybridized carbons (Fsp3) is 0.172. The maximum absolute atomic E-state index is 15.2. The lowest BCUT2D eigenvalue weighted by Crippen LogP contribution is -2.22. The monoisotopic (exact) mass is 424 g/mol. The van der Waals surface area contributed by atoms with E-state index in [0.29, 0.717) is 0 Å². The first-order valence-electron chi connectivity index (χ1n) is 10.8. The highest BCUT2D eigenvalue weighted by Gasteiger charge is 2.38. The molecular weight excluding hydrogens is 395 g/mol. The van der Waals surface area contributed by atoms with Crippen LogP contribution in [0.3, 0.4) is 0 Å². The molecule has 0 aliphatic carbocycles. The van der Waals surface area contributed by atoms with Crippen LogP contribution >= 0.6 is 7.14 Å². The molecule has 4 rings (SSSR count). The molecule has 0 heterocycles. The quantitative estimate of drug-likeness (QED) is 0.313. The van der Waals surface area contributed by atoms with E-state index in [9.17, 15) is 0 Å². The molecule has 1 nitrogen and oxygen atoms in total. The second-order valence-corrected chi connectivity index (χ2v) is 11.9. The molecule has 0 aliphatic heterocycles. The van der Waals surface area contributed by atoms with E-state index in [1.165, 1.54) is 5.56 Å². The van der Waals surface area contributed by atoms with Gasteiger partial charge in [-0.2, -0.15) is 0 Å². The van der Waals surface area contributed by atoms with Crippen LogP contribution in [0, 0.1) is 0 Å². The molecule has 0 aliphatic rings. The predicted molar refractivity (Wildman–Crippen MR) is 133 cm³/mol. The summed E-state index contributed by atoms with van der Waals surface area (Å²) >= 11 is 0. The Morgan fingerprint density at radius 1 is 0.548 bits per heavy atom. The van der Waals surface area contributed by atoms with Gasteiger partial charge < -0.3 is 4.57 Å². The van der Waals surface area contributed by atoms with Crippen molar-refractivity contribution < 1.29 is 4.57 Å². The first-order valence-corrected chi connectivity index (χ1v) is 12.5. The van der Waals surface area contributed by atoms with Crippen LogP contribution in [-0.4, -0.2) is 0 Å².